The maximum absolute atomic E-state index is 11.0. The summed E-state index contributed by atoms with van der Waals surface area (Å²) in [5, 5.41) is 0. The molecule has 0 heterocycles. The summed E-state index contributed by atoms with van der Waals surface area (Å²) in [5.41, 5.74) is 1.51. The Labute approximate surface area is 102 Å². The zero-order valence-corrected chi connectivity index (χ0v) is 10.6. The van der Waals surface area contributed by atoms with Gasteiger partial charge in [0.2, 0.25) is 0 Å². The molecule has 17 heavy (non-hydrogen) atoms. The summed E-state index contributed by atoms with van der Waals surface area (Å²) in [5.74, 6) is 0.664. The highest BCUT2D eigenvalue weighted by atomic mass is 16.5. The quantitative estimate of drug-likeness (QED) is 0.595. The van der Waals surface area contributed by atoms with E-state index in [9.17, 15) is 9.59 Å². The van der Waals surface area contributed by atoms with Crippen molar-refractivity contribution in [1.82, 2.24) is 0 Å². The van der Waals surface area contributed by atoms with Gasteiger partial charge in [0.1, 0.15) is 12.4 Å². The molecule has 0 aliphatic heterocycles. The van der Waals surface area contributed by atoms with Gasteiger partial charge in [0, 0.05) is 19.8 Å². The average Bonchev–Trinajstić information content (AvgIpc) is 2.28. The number of aldehydes is 1. The van der Waals surface area contributed by atoms with Crippen LogP contribution in [0.2, 0.25) is 0 Å². The number of benzene rings is 1. The number of aryl methyl sites for hydroxylation is 1. The molecule has 0 aliphatic rings. The Balaban J connectivity index is 0.000000770. The van der Waals surface area contributed by atoms with Crippen LogP contribution >= 0.6 is 0 Å². The van der Waals surface area contributed by atoms with Crippen molar-refractivity contribution in [3.8, 4) is 5.75 Å². The number of methoxy groups -OCH3 is 1. The third-order valence-electron chi connectivity index (χ3n) is 1.89. The molecule has 0 fully saturated rings. The van der Waals surface area contributed by atoms with Crippen molar-refractivity contribution in [3.63, 3.8) is 0 Å². The highest BCUT2D eigenvalue weighted by Crippen LogP contribution is 2.19. The molecule has 0 aliphatic carbocycles. The lowest BCUT2D eigenvalue weighted by Crippen LogP contribution is -2.00. The fourth-order valence-corrected chi connectivity index (χ4v) is 1.15. The van der Waals surface area contributed by atoms with E-state index < -0.39 is 0 Å². The summed E-state index contributed by atoms with van der Waals surface area (Å²) < 4.78 is 9.39. The zero-order chi connectivity index (χ0) is 13.3. The molecule has 4 heteroatoms. The van der Waals surface area contributed by atoms with Crippen LogP contribution in [0.5, 0.6) is 5.75 Å². The van der Waals surface area contributed by atoms with Crippen LogP contribution < -0.4 is 4.74 Å². The lowest BCUT2D eigenvalue weighted by atomic mass is 10.1. The maximum atomic E-state index is 11.0. The van der Waals surface area contributed by atoms with E-state index in [0.717, 1.165) is 5.56 Å². The number of Topliss-reactive ketones (excluding diaryl/α,β-unsaturated/α-hetero) is 1. The smallest absolute Gasteiger partial charge is 0.159 e. The number of hydrogen-bond acceptors (Lipinski definition) is 4. The van der Waals surface area contributed by atoms with Gasteiger partial charge in [-0.2, -0.15) is 0 Å². The number of ketones is 1. The number of ether oxygens (including phenoxy) is 2. The number of carbonyl (C=O) groups is 2. The lowest BCUT2D eigenvalue weighted by molar-refractivity contribution is -0.109. The van der Waals surface area contributed by atoms with E-state index in [1.165, 1.54) is 6.92 Å². The van der Waals surface area contributed by atoms with Gasteiger partial charge < -0.3 is 9.47 Å². The first-order chi connectivity index (χ1) is 8.06. The molecule has 1 aromatic carbocycles. The first-order valence-electron chi connectivity index (χ1n) is 5.15. The van der Waals surface area contributed by atoms with Crippen LogP contribution in [0.3, 0.4) is 0 Å². The van der Waals surface area contributed by atoms with Gasteiger partial charge in [0.15, 0.2) is 12.1 Å². The van der Waals surface area contributed by atoms with Gasteiger partial charge in [-0.05, 0) is 37.6 Å². The molecule has 0 saturated carbocycles. The molecule has 0 aromatic heterocycles. The van der Waals surface area contributed by atoms with Crippen molar-refractivity contribution in [3.05, 3.63) is 29.3 Å². The summed E-state index contributed by atoms with van der Waals surface area (Å²) in [7, 11) is 3.25. The van der Waals surface area contributed by atoms with E-state index in [0.29, 0.717) is 17.6 Å². The van der Waals surface area contributed by atoms with Crippen LogP contribution in [0.1, 0.15) is 22.8 Å². The Bertz CT molecular complexity index is 372. The molecule has 0 radical (unpaired) electrons. The van der Waals surface area contributed by atoms with Gasteiger partial charge >= 0.3 is 0 Å². The Morgan fingerprint density at radius 1 is 1.35 bits per heavy atom. The minimum atomic E-state index is 0.0232. The summed E-state index contributed by atoms with van der Waals surface area (Å²) in [6, 6.07) is 5.15. The standard InChI is InChI=1S/C11H12O3.C2H6O/c1-8-7-10(9(2)13)3-4-11(8)14-6-5-12;1-3-2/h3-5,7H,6H2,1-2H3;1-2H3. The average molecular weight is 238 g/mol. The van der Waals surface area contributed by atoms with Crippen molar-refractivity contribution in [1.29, 1.82) is 0 Å². The second-order valence-electron chi connectivity index (χ2n) is 3.42. The van der Waals surface area contributed by atoms with Crippen LogP contribution in [0.25, 0.3) is 0 Å². The summed E-state index contributed by atoms with van der Waals surface area (Å²) in [4.78, 5) is 21.1. The maximum Gasteiger partial charge on any atom is 0.159 e. The van der Waals surface area contributed by atoms with E-state index in [2.05, 4.69) is 4.74 Å². The number of hydrogen-bond donors (Lipinski definition) is 0. The molecule has 94 valence electrons. The Morgan fingerprint density at radius 3 is 2.35 bits per heavy atom. The third kappa shape index (κ3) is 5.82. The van der Waals surface area contributed by atoms with Crippen molar-refractivity contribution in [2.24, 2.45) is 0 Å². The highest BCUT2D eigenvalue weighted by Gasteiger charge is 2.03. The zero-order valence-electron chi connectivity index (χ0n) is 10.6. The second-order valence-corrected chi connectivity index (χ2v) is 3.42. The molecule has 1 aromatic rings. The van der Waals surface area contributed by atoms with Gasteiger partial charge in [0.25, 0.3) is 0 Å². The molecule has 4 nitrogen and oxygen atoms in total. The van der Waals surface area contributed by atoms with Crippen LogP contribution in [-0.4, -0.2) is 32.9 Å². The Hall–Kier alpha value is -1.68. The normalized spacial score (nSPS) is 8.94. The van der Waals surface area contributed by atoms with Crippen molar-refractivity contribution >= 4 is 12.1 Å². The monoisotopic (exact) mass is 238 g/mol. The highest BCUT2D eigenvalue weighted by molar-refractivity contribution is 5.94. The molecule has 0 amide bonds. The molecule has 0 atom stereocenters. The van der Waals surface area contributed by atoms with Crippen LogP contribution in [0.15, 0.2) is 18.2 Å². The summed E-state index contributed by atoms with van der Waals surface area (Å²) in [6.45, 7) is 3.40. The Kier molecular flexibility index (Phi) is 7.63. The summed E-state index contributed by atoms with van der Waals surface area (Å²) >= 11 is 0. The second kappa shape index (κ2) is 8.47. The minimum Gasteiger partial charge on any atom is -0.486 e. The molecule has 0 saturated heterocycles. The fraction of sp³-hybridized carbons (Fsp3) is 0.385. The predicted molar refractivity (Wildman–Crippen MR) is 65.7 cm³/mol. The molecule has 0 N–H and O–H groups in total. The lowest BCUT2D eigenvalue weighted by Gasteiger charge is -2.06. The van der Waals surface area contributed by atoms with Crippen LogP contribution in [-0.2, 0) is 9.53 Å². The van der Waals surface area contributed by atoms with E-state index in [1.54, 1.807) is 32.4 Å². The van der Waals surface area contributed by atoms with Crippen LogP contribution in [0, 0.1) is 6.92 Å². The largest absolute Gasteiger partial charge is 0.486 e. The molecule has 0 bridgehead atoms. The molecular weight excluding hydrogens is 220 g/mol. The molecule has 1 rings (SSSR count). The molecule has 0 unspecified atom stereocenters. The van der Waals surface area contributed by atoms with Gasteiger partial charge in [-0.3, -0.25) is 9.59 Å². The SMILES string of the molecule is CC(=O)c1ccc(OCC=O)c(C)c1.COC. The fourth-order valence-electron chi connectivity index (χ4n) is 1.15. The number of carbonyl (C=O) groups excluding carboxylic acids is 2. The Morgan fingerprint density at radius 2 is 1.94 bits per heavy atom. The molecular formula is C13H18O4. The van der Waals surface area contributed by atoms with E-state index in [1.807, 2.05) is 6.92 Å². The van der Waals surface area contributed by atoms with E-state index in [-0.39, 0.29) is 12.4 Å². The van der Waals surface area contributed by atoms with Crippen LogP contribution in [0.4, 0.5) is 0 Å². The van der Waals surface area contributed by atoms with Gasteiger partial charge in [0.05, 0.1) is 0 Å². The van der Waals surface area contributed by atoms with Crippen molar-refractivity contribution in [2.45, 2.75) is 13.8 Å². The van der Waals surface area contributed by atoms with E-state index in [4.69, 9.17) is 4.74 Å². The predicted octanol–water partition coefficient (Wildman–Crippen LogP) is 2.04. The first kappa shape index (κ1) is 15.3. The minimum absolute atomic E-state index is 0.0232. The van der Waals surface area contributed by atoms with Crippen molar-refractivity contribution < 1.29 is 19.1 Å². The van der Waals surface area contributed by atoms with Crippen molar-refractivity contribution in [2.75, 3.05) is 20.8 Å². The van der Waals surface area contributed by atoms with Gasteiger partial charge in [-0.15, -0.1) is 0 Å². The van der Waals surface area contributed by atoms with Gasteiger partial charge in [-0.1, -0.05) is 0 Å². The van der Waals surface area contributed by atoms with E-state index >= 15 is 0 Å². The third-order valence-corrected chi connectivity index (χ3v) is 1.89. The number of rotatable bonds is 4. The first-order valence-corrected chi connectivity index (χ1v) is 5.15. The molecule has 0 spiro atoms. The topological polar surface area (TPSA) is 52.6 Å². The van der Waals surface area contributed by atoms with Gasteiger partial charge in [-0.25, -0.2) is 0 Å². The summed E-state index contributed by atoms with van der Waals surface area (Å²) in [6.07, 6.45) is 0.693.